The van der Waals surface area contributed by atoms with E-state index in [0.717, 1.165) is 17.0 Å². The van der Waals surface area contributed by atoms with Gasteiger partial charge in [0.1, 0.15) is 0 Å². The highest BCUT2D eigenvalue weighted by Gasteiger charge is 2.14. The fraction of sp³-hybridized carbons (Fsp3) is 0.0952. The quantitative estimate of drug-likeness (QED) is 0.331. The van der Waals surface area contributed by atoms with Gasteiger partial charge in [-0.3, -0.25) is 10.1 Å². The molecule has 1 heterocycles. The molecule has 5 nitrogen and oxygen atoms in total. The predicted octanol–water partition coefficient (Wildman–Crippen LogP) is 5.72. The van der Waals surface area contributed by atoms with Crippen molar-refractivity contribution < 1.29 is 4.92 Å². The second-order valence-electron chi connectivity index (χ2n) is 6.09. The van der Waals surface area contributed by atoms with Gasteiger partial charge in [0, 0.05) is 34.1 Å². The summed E-state index contributed by atoms with van der Waals surface area (Å²) < 4.78 is 1.93. The summed E-state index contributed by atoms with van der Waals surface area (Å²) in [5, 5.41) is 21.2. The second-order valence-corrected chi connectivity index (χ2v) is 6.50. The van der Waals surface area contributed by atoms with Crippen LogP contribution in [0.15, 0.2) is 54.6 Å². The molecule has 134 valence electrons. The predicted molar refractivity (Wildman–Crippen MR) is 107 cm³/mol. The number of aromatic nitrogens is 1. The van der Waals surface area contributed by atoms with E-state index in [1.54, 1.807) is 24.3 Å². The Morgan fingerprint density at radius 3 is 2.59 bits per heavy atom. The van der Waals surface area contributed by atoms with Gasteiger partial charge in [0.25, 0.3) is 5.69 Å². The maximum atomic E-state index is 11.1. The zero-order chi connectivity index (χ0) is 19.6. The van der Waals surface area contributed by atoms with Gasteiger partial charge in [0.2, 0.25) is 0 Å². The van der Waals surface area contributed by atoms with Crippen molar-refractivity contribution in [3.05, 3.63) is 92.2 Å². The first kappa shape index (κ1) is 18.4. The van der Waals surface area contributed by atoms with Crippen molar-refractivity contribution in [1.29, 1.82) is 5.26 Å². The van der Waals surface area contributed by atoms with Crippen LogP contribution in [0.25, 0.3) is 17.3 Å². The van der Waals surface area contributed by atoms with Crippen LogP contribution in [0.4, 0.5) is 5.69 Å². The summed E-state index contributed by atoms with van der Waals surface area (Å²) in [6.45, 7) is 3.84. The van der Waals surface area contributed by atoms with Crippen LogP contribution in [0.1, 0.15) is 22.5 Å². The van der Waals surface area contributed by atoms with Gasteiger partial charge in [-0.15, -0.1) is 0 Å². The molecule has 0 aliphatic heterocycles. The van der Waals surface area contributed by atoms with Gasteiger partial charge < -0.3 is 4.57 Å². The third-order valence-electron chi connectivity index (χ3n) is 4.35. The SMILES string of the molecule is Cc1cc(C=C(C#N)c2ccccc2Cl)c(C)n1-c1cccc([N+](=O)[O-])c1. The molecule has 1 aromatic heterocycles. The molecule has 27 heavy (non-hydrogen) atoms. The molecule has 0 radical (unpaired) electrons. The number of aryl methyl sites for hydroxylation is 1. The molecule has 0 spiro atoms. The molecule has 0 N–H and O–H groups in total. The van der Waals surface area contributed by atoms with Gasteiger partial charge in [0.05, 0.1) is 22.3 Å². The Balaban J connectivity index is 2.11. The Labute approximate surface area is 161 Å². The lowest BCUT2D eigenvalue weighted by Crippen LogP contribution is -2.00. The second kappa shape index (κ2) is 7.48. The van der Waals surface area contributed by atoms with Crippen molar-refractivity contribution in [2.45, 2.75) is 13.8 Å². The van der Waals surface area contributed by atoms with Crippen LogP contribution in [0.3, 0.4) is 0 Å². The molecule has 0 atom stereocenters. The number of nitrogens with zero attached hydrogens (tertiary/aromatic N) is 3. The highest BCUT2D eigenvalue weighted by Crippen LogP contribution is 2.29. The van der Waals surface area contributed by atoms with E-state index in [4.69, 9.17) is 11.6 Å². The molecule has 0 fully saturated rings. The number of hydrogen-bond acceptors (Lipinski definition) is 3. The van der Waals surface area contributed by atoms with Crippen LogP contribution < -0.4 is 0 Å². The summed E-state index contributed by atoms with van der Waals surface area (Å²) in [5.41, 5.74) is 4.52. The molecular weight excluding hydrogens is 362 g/mol. The maximum absolute atomic E-state index is 11.1. The minimum absolute atomic E-state index is 0.0332. The first-order chi connectivity index (χ1) is 12.9. The first-order valence-electron chi connectivity index (χ1n) is 8.23. The molecule has 0 saturated heterocycles. The van der Waals surface area contributed by atoms with Gasteiger partial charge in [-0.05, 0) is 43.7 Å². The number of nitriles is 1. The van der Waals surface area contributed by atoms with E-state index in [9.17, 15) is 15.4 Å². The molecule has 0 saturated carbocycles. The van der Waals surface area contributed by atoms with Crippen LogP contribution in [0.5, 0.6) is 0 Å². The van der Waals surface area contributed by atoms with Crippen molar-refractivity contribution in [3.63, 3.8) is 0 Å². The topological polar surface area (TPSA) is 71.9 Å². The summed E-state index contributed by atoms with van der Waals surface area (Å²) >= 11 is 6.22. The van der Waals surface area contributed by atoms with Crippen LogP contribution in [-0.4, -0.2) is 9.49 Å². The highest BCUT2D eigenvalue weighted by molar-refractivity contribution is 6.32. The number of rotatable bonds is 4. The zero-order valence-electron chi connectivity index (χ0n) is 14.8. The Morgan fingerprint density at radius 1 is 1.19 bits per heavy atom. The standard InChI is InChI=1S/C21H16ClN3O2/c1-14-10-16(11-17(13-23)20-8-3-4-9-21(20)22)15(2)24(14)18-6-5-7-19(12-18)25(26)27/h3-12H,1-2H3. The van der Waals surface area contributed by atoms with Gasteiger partial charge in [0.15, 0.2) is 0 Å². The number of allylic oxidation sites excluding steroid dienone is 1. The fourth-order valence-corrected chi connectivity index (χ4v) is 3.32. The van der Waals surface area contributed by atoms with E-state index in [0.29, 0.717) is 21.8 Å². The van der Waals surface area contributed by atoms with E-state index in [1.165, 1.54) is 12.1 Å². The summed E-state index contributed by atoms with van der Waals surface area (Å²) in [6, 6.07) is 17.8. The molecule has 0 unspecified atom stereocenters. The Hall–Kier alpha value is -3.36. The van der Waals surface area contributed by atoms with E-state index in [1.807, 2.05) is 42.7 Å². The van der Waals surface area contributed by atoms with Crippen LogP contribution in [0, 0.1) is 35.3 Å². The molecular formula is C21H16ClN3O2. The van der Waals surface area contributed by atoms with Gasteiger partial charge in [-0.1, -0.05) is 35.9 Å². The molecule has 6 heteroatoms. The monoisotopic (exact) mass is 377 g/mol. The van der Waals surface area contributed by atoms with Crippen molar-refractivity contribution in [1.82, 2.24) is 4.57 Å². The largest absolute Gasteiger partial charge is 0.318 e. The molecule has 2 aromatic carbocycles. The van der Waals surface area contributed by atoms with Gasteiger partial charge in [-0.2, -0.15) is 5.26 Å². The number of hydrogen-bond donors (Lipinski definition) is 0. The third-order valence-corrected chi connectivity index (χ3v) is 4.68. The number of benzene rings is 2. The average molecular weight is 378 g/mol. The van der Waals surface area contributed by atoms with E-state index < -0.39 is 4.92 Å². The Morgan fingerprint density at radius 2 is 1.93 bits per heavy atom. The van der Waals surface area contributed by atoms with Gasteiger partial charge in [-0.25, -0.2) is 0 Å². The summed E-state index contributed by atoms with van der Waals surface area (Å²) in [4.78, 5) is 10.7. The fourth-order valence-electron chi connectivity index (χ4n) is 3.08. The molecule has 0 aliphatic carbocycles. The molecule has 0 aliphatic rings. The molecule has 0 bridgehead atoms. The number of nitro groups is 1. The molecule has 3 aromatic rings. The van der Waals surface area contributed by atoms with Crippen molar-refractivity contribution in [3.8, 4) is 11.8 Å². The highest BCUT2D eigenvalue weighted by atomic mass is 35.5. The summed E-state index contributed by atoms with van der Waals surface area (Å²) in [6.07, 6.45) is 1.79. The minimum atomic E-state index is -0.413. The Bertz CT molecular complexity index is 1110. The van der Waals surface area contributed by atoms with Crippen molar-refractivity contribution in [2.75, 3.05) is 0 Å². The summed E-state index contributed by atoms with van der Waals surface area (Å²) in [7, 11) is 0. The maximum Gasteiger partial charge on any atom is 0.271 e. The number of halogens is 1. The number of non-ortho nitro benzene ring substituents is 1. The number of nitro benzene ring substituents is 1. The summed E-state index contributed by atoms with van der Waals surface area (Å²) in [5.74, 6) is 0. The van der Waals surface area contributed by atoms with Crippen molar-refractivity contribution in [2.24, 2.45) is 0 Å². The lowest BCUT2D eigenvalue weighted by atomic mass is 10.0. The Kier molecular flexibility index (Phi) is 5.11. The zero-order valence-corrected chi connectivity index (χ0v) is 15.6. The lowest BCUT2D eigenvalue weighted by Gasteiger charge is -2.09. The normalized spacial score (nSPS) is 11.3. The average Bonchev–Trinajstić information content (AvgIpc) is 2.93. The van der Waals surface area contributed by atoms with Gasteiger partial charge >= 0.3 is 0 Å². The molecule has 0 amide bonds. The first-order valence-corrected chi connectivity index (χ1v) is 8.60. The smallest absolute Gasteiger partial charge is 0.271 e. The molecule has 3 rings (SSSR count). The van der Waals surface area contributed by atoms with Crippen LogP contribution in [-0.2, 0) is 0 Å². The third kappa shape index (κ3) is 3.62. The minimum Gasteiger partial charge on any atom is -0.318 e. The van der Waals surface area contributed by atoms with Crippen molar-refractivity contribution >= 4 is 28.9 Å². The van der Waals surface area contributed by atoms with E-state index >= 15 is 0 Å². The van der Waals surface area contributed by atoms with E-state index in [2.05, 4.69) is 6.07 Å². The lowest BCUT2D eigenvalue weighted by molar-refractivity contribution is -0.384. The van der Waals surface area contributed by atoms with Crippen LogP contribution in [0.2, 0.25) is 5.02 Å². The van der Waals surface area contributed by atoms with E-state index in [-0.39, 0.29) is 5.69 Å². The van der Waals surface area contributed by atoms with Crippen LogP contribution >= 0.6 is 11.6 Å².